The van der Waals surface area contributed by atoms with Gasteiger partial charge in [-0.25, -0.2) is 0 Å². The van der Waals surface area contributed by atoms with Gasteiger partial charge in [0.15, 0.2) is 5.78 Å². The highest BCUT2D eigenvalue weighted by Gasteiger charge is 2.41. The number of esters is 1. The minimum Gasteiger partial charge on any atom is -0.465 e. The minimum atomic E-state index is -0.925. The summed E-state index contributed by atoms with van der Waals surface area (Å²) in [6.45, 7) is 2.00. The largest absolute Gasteiger partial charge is 0.465 e. The van der Waals surface area contributed by atoms with Gasteiger partial charge in [-0.05, 0) is 30.2 Å². The van der Waals surface area contributed by atoms with E-state index in [0.29, 0.717) is 5.56 Å². The second kappa shape index (κ2) is 8.03. The molecule has 3 aromatic carbocycles. The van der Waals surface area contributed by atoms with Crippen molar-refractivity contribution in [1.29, 1.82) is 0 Å². The molecule has 140 valence electrons. The molecule has 3 nitrogen and oxygen atoms in total. The fourth-order valence-corrected chi connectivity index (χ4v) is 4.87. The second-order valence-corrected chi connectivity index (χ2v) is 7.70. The van der Waals surface area contributed by atoms with Crippen LogP contribution in [0.5, 0.6) is 0 Å². The molecule has 1 aliphatic heterocycles. The highest BCUT2D eigenvalue weighted by molar-refractivity contribution is 7.99. The Morgan fingerprint density at radius 3 is 1.96 bits per heavy atom. The quantitative estimate of drug-likeness (QED) is 0.336. The molecule has 0 radical (unpaired) electrons. The molecule has 0 N–H and O–H groups in total. The Balaban J connectivity index is 1.89. The number of carbonyl (C=O) groups is 2. The fraction of sp³-hybridized carbons (Fsp3) is 0.167. The summed E-state index contributed by atoms with van der Waals surface area (Å²) < 4.78 is 5.36. The van der Waals surface area contributed by atoms with Crippen molar-refractivity contribution in [3.63, 3.8) is 0 Å². The molecule has 1 aliphatic rings. The van der Waals surface area contributed by atoms with Gasteiger partial charge < -0.3 is 4.74 Å². The zero-order chi connectivity index (χ0) is 19.5. The molecule has 4 rings (SSSR count). The van der Waals surface area contributed by atoms with E-state index in [-0.39, 0.29) is 18.3 Å². The number of ketones is 1. The number of benzene rings is 3. The Labute approximate surface area is 168 Å². The van der Waals surface area contributed by atoms with Crippen LogP contribution in [0.25, 0.3) is 0 Å². The molecule has 0 aromatic heterocycles. The lowest BCUT2D eigenvalue weighted by Gasteiger charge is -2.32. The first-order valence-electron chi connectivity index (χ1n) is 9.32. The van der Waals surface area contributed by atoms with Crippen molar-refractivity contribution in [3.05, 3.63) is 95.6 Å². The first-order chi connectivity index (χ1) is 13.7. The Morgan fingerprint density at radius 2 is 1.39 bits per heavy atom. The third-order valence-electron chi connectivity index (χ3n) is 4.94. The summed E-state index contributed by atoms with van der Waals surface area (Å²) in [5.41, 5.74) is 2.51. The normalized spacial score (nSPS) is 13.9. The van der Waals surface area contributed by atoms with Crippen molar-refractivity contribution in [2.24, 2.45) is 5.92 Å². The number of hydrogen-bond donors (Lipinski definition) is 0. The van der Waals surface area contributed by atoms with Gasteiger partial charge in [0.05, 0.1) is 6.61 Å². The Hall–Kier alpha value is -2.85. The van der Waals surface area contributed by atoms with Crippen molar-refractivity contribution in [2.75, 3.05) is 6.61 Å². The number of carbonyl (C=O) groups excluding carboxylic acids is 2. The first-order valence-corrected chi connectivity index (χ1v) is 10.1. The number of Topliss-reactive ketones (excluding diaryl/α,β-unsaturated/α-hetero) is 1. The molecular weight excluding hydrogens is 368 g/mol. The summed E-state index contributed by atoms with van der Waals surface area (Å²) in [6, 6.07) is 25.0. The number of rotatable bonds is 5. The van der Waals surface area contributed by atoms with Crippen LogP contribution in [0.1, 0.15) is 34.3 Å². The van der Waals surface area contributed by atoms with E-state index in [1.807, 2.05) is 66.7 Å². The Morgan fingerprint density at radius 1 is 0.857 bits per heavy atom. The van der Waals surface area contributed by atoms with E-state index < -0.39 is 11.9 Å². The third-order valence-corrected chi connectivity index (χ3v) is 6.13. The molecule has 0 bridgehead atoms. The maximum Gasteiger partial charge on any atom is 0.317 e. The average Bonchev–Trinajstić information content (AvgIpc) is 2.74. The minimum absolute atomic E-state index is 0.208. The molecule has 3 aromatic rings. The van der Waals surface area contributed by atoms with Gasteiger partial charge in [0, 0.05) is 21.3 Å². The van der Waals surface area contributed by atoms with E-state index in [9.17, 15) is 9.59 Å². The van der Waals surface area contributed by atoms with Gasteiger partial charge in [-0.3, -0.25) is 9.59 Å². The zero-order valence-corrected chi connectivity index (χ0v) is 16.3. The lowest BCUT2D eigenvalue weighted by atomic mass is 9.76. The van der Waals surface area contributed by atoms with E-state index in [4.69, 9.17) is 4.74 Å². The summed E-state index contributed by atoms with van der Waals surface area (Å²) in [4.78, 5) is 28.6. The van der Waals surface area contributed by atoms with E-state index in [0.717, 1.165) is 20.9 Å². The SMILES string of the molecule is CCOC(=O)C(C(=O)c1ccccc1)C1c2ccccc2Sc2ccccc21. The van der Waals surface area contributed by atoms with Crippen LogP contribution in [-0.2, 0) is 9.53 Å². The van der Waals surface area contributed by atoms with E-state index in [1.54, 1.807) is 30.8 Å². The number of fused-ring (bicyclic) bond motifs is 2. The van der Waals surface area contributed by atoms with Crippen molar-refractivity contribution < 1.29 is 14.3 Å². The van der Waals surface area contributed by atoms with Crippen LogP contribution in [0.3, 0.4) is 0 Å². The molecule has 0 aliphatic carbocycles. The Kier molecular flexibility index (Phi) is 5.31. The molecular formula is C24H20O3S. The molecule has 0 saturated heterocycles. The van der Waals surface area contributed by atoms with Crippen LogP contribution in [-0.4, -0.2) is 18.4 Å². The first kappa shape index (κ1) is 18.5. The van der Waals surface area contributed by atoms with Crippen LogP contribution >= 0.6 is 11.8 Å². The molecule has 0 saturated carbocycles. The predicted octanol–water partition coefficient (Wildman–Crippen LogP) is 5.35. The van der Waals surface area contributed by atoms with Crippen LogP contribution < -0.4 is 0 Å². The van der Waals surface area contributed by atoms with Crippen molar-refractivity contribution >= 4 is 23.5 Å². The van der Waals surface area contributed by atoms with Crippen molar-refractivity contribution in [1.82, 2.24) is 0 Å². The van der Waals surface area contributed by atoms with Gasteiger partial charge in [0.2, 0.25) is 0 Å². The molecule has 0 spiro atoms. The van der Waals surface area contributed by atoms with Crippen molar-refractivity contribution in [3.8, 4) is 0 Å². The molecule has 0 amide bonds. The van der Waals surface area contributed by atoms with Gasteiger partial charge in [-0.15, -0.1) is 0 Å². The average molecular weight is 388 g/mol. The maximum absolute atomic E-state index is 13.5. The van der Waals surface area contributed by atoms with Gasteiger partial charge in [-0.1, -0.05) is 78.5 Å². The smallest absolute Gasteiger partial charge is 0.317 e. The van der Waals surface area contributed by atoms with Crippen molar-refractivity contribution in [2.45, 2.75) is 22.6 Å². The number of hydrogen-bond acceptors (Lipinski definition) is 4. The predicted molar refractivity (Wildman–Crippen MR) is 110 cm³/mol. The summed E-state index contributed by atoms with van der Waals surface area (Å²) in [5, 5.41) is 0. The summed E-state index contributed by atoms with van der Waals surface area (Å²) in [7, 11) is 0. The van der Waals surface area contributed by atoms with E-state index in [1.165, 1.54) is 0 Å². The lowest BCUT2D eigenvalue weighted by Crippen LogP contribution is -2.34. The summed E-state index contributed by atoms with van der Waals surface area (Å²) in [6.07, 6.45) is 0. The highest BCUT2D eigenvalue weighted by Crippen LogP contribution is 2.49. The molecule has 1 unspecified atom stereocenters. The Bertz CT molecular complexity index is 968. The molecule has 1 atom stereocenters. The lowest BCUT2D eigenvalue weighted by molar-refractivity contribution is -0.146. The van der Waals surface area contributed by atoms with Gasteiger partial charge >= 0.3 is 5.97 Å². The van der Waals surface area contributed by atoms with Gasteiger partial charge in [0.25, 0.3) is 0 Å². The summed E-state index contributed by atoms with van der Waals surface area (Å²) in [5.74, 6) is -1.98. The molecule has 4 heteroatoms. The second-order valence-electron chi connectivity index (χ2n) is 6.62. The zero-order valence-electron chi connectivity index (χ0n) is 15.5. The maximum atomic E-state index is 13.5. The number of ether oxygens (including phenoxy) is 1. The van der Waals surface area contributed by atoms with E-state index in [2.05, 4.69) is 0 Å². The molecule has 0 fully saturated rings. The fourth-order valence-electron chi connectivity index (χ4n) is 3.71. The summed E-state index contributed by atoms with van der Waals surface area (Å²) >= 11 is 1.67. The van der Waals surface area contributed by atoms with Crippen LogP contribution in [0.4, 0.5) is 0 Å². The van der Waals surface area contributed by atoms with Gasteiger partial charge in [0.1, 0.15) is 5.92 Å². The third kappa shape index (κ3) is 3.36. The highest BCUT2D eigenvalue weighted by atomic mass is 32.2. The van der Waals surface area contributed by atoms with Crippen LogP contribution in [0, 0.1) is 5.92 Å². The van der Waals surface area contributed by atoms with Crippen LogP contribution in [0.15, 0.2) is 88.7 Å². The monoisotopic (exact) mass is 388 g/mol. The standard InChI is InChI=1S/C24H20O3S/c1-2-27-24(26)22(23(25)16-10-4-3-5-11-16)21-17-12-6-8-14-19(17)28-20-15-9-7-13-18(20)21/h3-15,21-22H,2H2,1H3. The van der Waals surface area contributed by atoms with Crippen LogP contribution in [0.2, 0.25) is 0 Å². The van der Waals surface area contributed by atoms with E-state index >= 15 is 0 Å². The molecule has 28 heavy (non-hydrogen) atoms. The topological polar surface area (TPSA) is 43.4 Å². The molecule has 1 heterocycles. The van der Waals surface area contributed by atoms with Gasteiger partial charge in [-0.2, -0.15) is 0 Å².